The van der Waals surface area contributed by atoms with Crippen molar-refractivity contribution in [3.63, 3.8) is 0 Å². The predicted molar refractivity (Wildman–Crippen MR) is 224 cm³/mol. The highest BCUT2D eigenvalue weighted by molar-refractivity contribution is 7.20. The third-order valence-electron chi connectivity index (χ3n) is 11.0. The molecule has 252 valence electrons. The van der Waals surface area contributed by atoms with Gasteiger partial charge in [-0.15, -0.1) is 22.7 Å². The van der Waals surface area contributed by atoms with Crippen LogP contribution < -0.4 is 0 Å². The second kappa shape index (κ2) is 11.1. The van der Waals surface area contributed by atoms with Crippen LogP contribution in [-0.2, 0) is 0 Å². The standard InChI is InChI=1S/C48H24F2N2S2/c49-35-23-37-38(24-36(35)50)52-48(42-22-20-40(54-42)32-16-12-30-10-8-26-4-2-6-28-14-18-34(32)46(30)44(26)28)47(51-37)41-21-19-39(53-41)31-15-11-29-9-7-25-3-1-5-27-13-17-33(31)45(29)43(25)27/h1-24H. The van der Waals surface area contributed by atoms with Gasteiger partial charge in [-0.2, -0.15) is 0 Å². The smallest absolute Gasteiger partial charge is 0.161 e. The van der Waals surface area contributed by atoms with Crippen LogP contribution in [0.2, 0.25) is 0 Å². The Morgan fingerprint density at radius 3 is 1.13 bits per heavy atom. The highest BCUT2D eigenvalue weighted by Gasteiger charge is 2.21. The van der Waals surface area contributed by atoms with E-state index in [1.165, 1.54) is 64.6 Å². The van der Waals surface area contributed by atoms with Crippen molar-refractivity contribution < 1.29 is 8.78 Å². The highest BCUT2D eigenvalue weighted by atomic mass is 32.1. The van der Waals surface area contributed by atoms with Crippen molar-refractivity contribution in [3.8, 4) is 42.0 Å². The third kappa shape index (κ3) is 4.29. The van der Waals surface area contributed by atoms with Crippen LogP contribution >= 0.6 is 22.7 Å². The molecule has 0 saturated carbocycles. The molecule has 0 aliphatic heterocycles. The predicted octanol–water partition coefficient (Wildman–Crippen LogP) is 14.5. The Morgan fingerprint density at radius 2 is 0.704 bits per heavy atom. The van der Waals surface area contributed by atoms with Gasteiger partial charge in [-0.1, -0.05) is 109 Å². The maximum atomic E-state index is 14.6. The minimum atomic E-state index is -0.941. The Kier molecular flexibility index (Phi) is 6.19. The summed E-state index contributed by atoms with van der Waals surface area (Å²) < 4.78 is 29.2. The van der Waals surface area contributed by atoms with Crippen molar-refractivity contribution in [2.45, 2.75) is 0 Å². The van der Waals surface area contributed by atoms with Crippen LogP contribution in [0.4, 0.5) is 8.78 Å². The lowest BCUT2D eigenvalue weighted by Gasteiger charge is -2.13. The maximum absolute atomic E-state index is 14.6. The van der Waals surface area contributed by atoms with Gasteiger partial charge in [-0.05, 0) is 100 Å². The van der Waals surface area contributed by atoms with E-state index in [2.05, 4.69) is 133 Å². The molecular weight excluding hydrogens is 707 g/mol. The van der Waals surface area contributed by atoms with E-state index >= 15 is 0 Å². The summed E-state index contributed by atoms with van der Waals surface area (Å²) in [6, 6.07) is 50.1. The number of hydrogen-bond acceptors (Lipinski definition) is 4. The third-order valence-corrected chi connectivity index (χ3v) is 13.2. The molecule has 0 saturated heterocycles. The molecular formula is C48H24F2N2S2. The van der Waals surface area contributed by atoms with E-state index in [0.717, 1.165) is 42.8 Å². The van der Waals surface area contributed by atoms with Gasteiger partial charge in [0.2, 0.25) is 0 Å². The average Bonchev–Trinajstić information content (AvgIpc) is 3.90. The minimum Gasteiger partial charge on any atom is -0.243 e. The number of thiophene rings is 2. The fraction of sp³-hybridized carbons (Fsp3) is 0. The Labute approximate surface area is 314 Å². The first kappa shape index (κ1) is 30.2. The van der Waals surface area contributed by atoms with E-state index in [-0.39, 0.29) is 0 Å². The van der Waals surface area contributed by atoms with Gasteiger partial charge in [0.05, 0.1) is 20.8 Å². The van der Waals surface area contributed by atoms with Gasteiger partial charge in [0.1, 0.15) is 11.4 Å². The second-order valence-corrected chi connectivity index (χ2v) is 16.1. The Hall–Kier alpha value is -6.34. The molecule has 3 aromatic heterocycles. The molecule has 0 bridgehead atoms. The number of fused-ring (bicyclic) bond motifs is 1. The van der Waals surface area contributed by atoms with Gasteiger partial charge in [0.15, 0.2) is 11.6 Å². The summed E-state index contributed by atoms with van der Waals surface area (Å²) in [5, 5.41) is 14.8. The molecule has 0 N–H and O–H groups in total. The summed E-state index contributed by atoms with van der Waals surface area (Å²) in [6.07, 6.45) is 0. The first-order valence-electron chi connectivity index (χ1n) is 17.8. The fourth-order valence-corrected chi connectivity index (χ4v) is 10.6. The first-order valence-corrected chi connectivity index (χ1v) is 19.4. The zero-order valence-corrected chi connectivity index (χ0v) is 30.0. The van der Waals surface area contributed by atoms with Crippen molar-refractivity contribution in [3.05, 3.63) is 157 Å². The van der Waals surface area contributed by atoms with E-state index < -0.39 is 11.6 Å². The van der Waals surface area contributed by atoms with E-state index in [4.69, 9.17) is 9.97 Å². The quantitative estimate of drug-likeness (QED) is 0.169. The molecule has 12 rings (SSSR count). The molecule has 9 aromatic carbocycles. The van der Waals surface area contributed by atoms with E-state index in [1.54, 1.807) is 22.7 Å². The van der Waals surface area contributed by atoms with Crippen molar-refractivity contribution >= 4 is 98.3 Å². The minimum absolute atomic E-state index is 0.314. The Morgan fingerprint density at radius 1 is 0.352 bits per heavy atom. The monoisotopic (exact) mass is 730 g/mol. The van der Waals surface area contributed by atoms with Gasteiger partial charge in [0, 0.05) is 21.9 Å². The summed E-state index contributed by atoms with van der Waals surface area (Å²) >= 11 is 3.27. The van der Waals surface area contributed by atoms with Crippen LogP contribution in [0.25, 0.3) is 118 Å². The molecule has 0 radical (unpaired) electrons. The summed E-state index contributed by atoms with van der Waals surface area (Å²) in [5.41, 5.74) is 4.21. The summed E-state index contributed by atoms with van der Waals surface area (Å²) in [6.45, 7) is 0. The average molecular weight is 731 g/mol. The topological polar surface area (TPSA) is 25.8 Å². The number of hydrogen-bond donors (Lipinski definition) is 0. The Balaban J connectivity index is 1.03. The summed E-state index contributed by atoms with van der Waals surface area (Å²) in [7, 11) is 0. The van der Waals surface area contributed by atoms with Crippen LogP contribution in [0, 0.1) is 11.6 Å². The fourth-order valence-electron chi connectivity index (χ4n) is 8.52. The van der Waals surface area contributed by atoms with Gasteiger partial charge in [-0.3, -0.25) is 0 Å². The van der Waals surface area contributed by atoms with Crippen LogP contribution in [0.3, 0.4) is 0 Å². The molecule has 0 amide bonds. The number of aromatic nitrogens is 2. The van der Waals surface area contributed by atoms with Crippen molar-refractivity contribution in [2.24, 2.45) is 0 Å². The van der Waals surface area contributed by atoms with E-state index in [9.17, 15) is 8.78 Å². The largest absolute Gasteiger partial charge is 0.243 e. The zero-order chi connectivity index (χ0) is 35.7. The molecule has 0 unspecified atom stereocenters. The highest BCUT2D eigenvalue weighted by Crippen LogP contribution is 2.47. The van der Waals surface area contributed by atoms with Gasteiger partial charge in [0.25, 0.3) is 0 Å². The zero-order valence-electron chi connectivity index (χ0n) is 28.3. The molecule has 3 heterocycles. The normalized spacial score (nSPS) is 12.3. The summed E-state index contributed by atoms with van der Waals surface area (Å²) in [5.74, 6) is -1.88. The van der Waals surface area contributed by atoms with Gasteiger partial charge >= 0.3 is 0 Å². The van der Waals surface area contributed by atoms with Crippen LogP contribution in [0.15, 0.2) is 146 Å². The second-order valence-electron chi connectivity index (χ2n) is 13.9. The number of rotatable bonds is 4. The number of halogens is 2. The van der Waals surface area contributed by atoms with Gasteiger partial charge < -0.3 is 0 Å². The molecule has 6 heteroatoms. The molecule has 0 atom stereocenters. The van der Waals surface area contributed by atoms with Crippen LogP contribution in [0.5, 0.6) is 0 Å². The molecule has 54 heavy (non-hydrogen) atoms. The molecule has 2 nitrogen and oxygen atoms in total. The molecule has 12 aromatic rings. The molecule has 0 aliphatic carbocycles. The molecule has 0 fully saturated rings. The van der Waals surface area contributed by atoms with Gasteiger partial charge in [-0.25, -0.2) is 18.7 Å². The maximum Gasteiger partial charge on any atom is 0.161 e. The lowest BCUT2D eigenvalue weighted by atomic mass is 9.91. The molecule has 0 spiro atoms. The van der Waals surface area contributed by atoms with Crippen molar-refractivity contribution in [1.82, 2.24) is 9.97 Å². The van der Waals surface area contributed by atoms with Crippen LogP contribution in [0.1, 0.15) is 0 Å². The molecule has 0 aliphatic rings. The van der Waals surface area contributed by atoms with Crippen LogP contribution in [-0.4, -0.2) is 9.97 Å². The number of benzene rings is 9. The number of nitrogens with zero attached hydrogens (tertiary/aromatic N) is 2. The van der Waals surface area contributed by atoms with Crippen molar-refractivity contribution in [2.75, 3.05) is 0 Å². The first-order chi connectivity index (χ1) is 26.6. The SMILES string of the molecule is Fc1cc2nc(-c3ccc(-c4ccc5ccc6cccc7ccc4c5c67)s3)c(-c3ccc(-c4ccc5ccc6cccc7ccc4c5c67)s3)nc2cc1F. The lowest BCUT2D eigenvalue weighted by molar-refractivity contribution is 0.510. The van der Waals surface area contributed by atoms with Crippen molar-refractivity contribution in [1.29, 1.82) is 0 Å². The summed E-state index contributed by atoms with van der Waals surface area (Å²) in [4.78, 5) is 14.0. The lowest BCUT2D eigenvalue weighted by Crippen LogP contribution is -1.95. The Bertz CT molecular complexity index is 3230. The van der Waals surface area contributed by atoms with E-state index in [0.29, 0.717) is 22.4 Å². The van der Waals surface area contributed by atoms with E-state index in [1.807, 2.05) is 0 Å².